The molecular formula is C23H21N3O3. The number of pyridine rings is 1. The first kappa shape index (κ1) is 18.7. The molecule has 0 atom stereocenters. The van der Waals surface area contributed by atoms with Crippen molar-refractivity contribution in [2.24, 2.45) is 0 Å². The van der Waals surface area contributed by atoms with E-state index in [-0.39, 0.29) is 17.9 Å². The maximum Gasteiger partial charge on any atom is 0.251 e. The largest absolute Gasteiger partial charge is 0.356 e. The van der Waals surface area contributed by atoms with Crippen LogP contribution in [-0.4, -0.2) is 22.6 Å². The lowest BCUT2D eigenvalue weighted by molar-refractivity contribution is -0.120. The second-order valence-electron chi connectivity index (χ2n) is 7.04. The molecule has 0 aliphatic rings. The zero-order valence-electron chi connectivity index (χ0n) is 16.1. The van der Waals surface area contributed by atoms with E-state index in [4.69, 9.17) is 4.52 Å². The van der Waals surface area contributed by atoms with Gasteiger partial charge in [0.25, 0.3) is 5.56 Å². The van der Waals surface area contributed by atoms with Gasteiger partial charge in [-0.2, -0.15) is 0 Å². The van der Waals surface area contributed by atoms with E-state index in [2.05, 4.69) is 15.5 Å². The van der Waals surface area contributed by atoms with E-state index in [0.717, 1.165) is 22.0 Å². The molecule has 0 aliphatic heterocycles. The molecule has 2 N–H and O–H groups in total. The van der Waals surface area contributed by atoms with Gasteiger partial charge >= 0.3 is 0 Å². The number of amides is 1. The van der Waals surface area contributed by atoms with Crippen LogP contribution in [0.5, 0.6) is 0 Å². The second kappa shape index (κ2) is 8.14. The molecule has 4 aromatic rings. The van der Waals surface area contributed by atoms with E-state index in [1.807, 2.05) is 61.5 Å². The van der Waals surface area contributed by atoms with Crippen LogP contribution in [0.2, 0.25) is 0 Å². The minimum atomic E-state index is -0.161. The van der Waals surface area contributed by atoms with E-state index < -0.39 is 0 Å². The number of benzene rings is 2. The van der Waals surface area contributed by atoms with Crippen molar-refractivity contribution in [2.75, 3.05) is 6.54 Å². The molecular weight excluding hydrogens is 366 g/mol. The summed E-state index contributed by atoms with van der Waals surface area (Å²) in [6.07, 6.45) is 0.586. The number of aryl methyl sites for hydroxylation is 1. The Morgan fingerprint density at radius 2 is 1.93 bits per heavy atom. The Morgan fingerprint density at radius 1 is 1.10 bits per heavy atom. The summed E-state index contributed by atoms with van der Waals surface area (Å²) in [5.41, 5.74) is 3.92. The SMILES string of the molecule is Cc1ccc2cc(CCNC(=O)Cc3cc(-c4ccccc4)on3)c(=O)[nH]c2c1. The fourth-order valence-corrected chi connectivity index (χ4v) is 3.24. The number of H-pyrrole nitrogens is 1. The normalized spacial score (nSPS) is 10.9. The van der Waals surface area contributed by atoms with Crippen molar-refractivity contribution in [1.82, 2.24) is 15.5 Å². The van der Waals surface area contributed by atoms with Crippen molar-refractivity contribution in [1.29, 1.82) is 0 Å². The number of carbonyl (C=O) groups is 1. The smallest absolute Gasteiger partial charge is 0.251 e. The fourth-order valence-electron chi connectivity index (χ4n) is 3.24. The Labute approximate surface area is 167 Å². The Hall–Kier alpha value is -3.67. The van der Waals surface area contributed by atoms with E-state index in [1.165, 1.54) is 0 Å². The maximum atomic E-state index is 12.3. The summed E-state index contributed by atoms with van der Waals surface area (Å²) in [4.78, 5) is 27.4. The molecule has 2 heterocycles. The number of carbonyl (C=O) groups excluding carboxylic acids is 1. The third kappa shape index (κ3) is 4.43. The first-order valence-corrected chi connectivity index (χ1v) is 9.49. The fraction of sp³-hybridized carbons (Fsp3) is 0.174. The van der Waals surface area contributed by atoms with Crippen molar-refractivity contribution >= 4 is 16.8 Å². The van der Waals surface area contributed by atoms with Gasteiger partial charge in [0, 0.05) is 29.3 Å². The van der Waals surface area contributed by atoms with Crippen molar-refractivity contribution in [3.05, 3.63) is 87.8 Å². The Balaban J connectivity index is 1.34. The quantitative estimate of drug-likeness (QED) is 0.531. The number of aromatic amines is 1. The van der Waals surface area contributed by atoms with Crippen LogP contribution < -0.4 is 10.9 Å². The number of hydrogen-bond donors (Lipinski definition) is 2. The lowest BCUT2D eigenvalue weighted by Gasteiger charge is -2.06. The topological polar surface area (TPSA) is 88.0 Å². The molecule has 6 heteroatoms. The summed E-state index contributed by atoms with van der Waals surface area (Å²) in [6.45, 7) is 2.36. The molecule has 1 amide bonds. The third-order valence-corrected chi connectivity index (χ3v) is 4.75. The number of nitrogens with zero attached hydrogens (tertiary/aromatic N) is 1. The first-order valence-electron chi connectivity index (χ1n) is 9.49. The van der Waals surface area contributed by atoms with Crippen LogP contribution in [0.1, 0.15) is 16.8 Å². The molecule has 6 nitrogen and oxygen atoms in total. The predicted molar refractivity (Wildman–Crippen MR) is 112 cm³/mol. The molecule has 0 spiro atoms. The summed E-state index contributed by atoms with van der Waals surface area (Å²) in [5, 5.41) is 7.78. The zero-order chi connectivity index (χ0) is 20.2. The highest BCUT2D eigenvalue weighted by atomic mass is 16.5. The highest BCUT2D eigenvalue weighted by Crippen LogP contribution is 2.19. The van der Waals surface area contributed by atoms with Gasteiger partial charge in [0.15, 0.2) is 5.76 Å². The van der Waals surface area contributed by atoms with Gasteiger partial charge < -0.3 is 14.8 Å². The monoisotopic (exact) mass is 387 g/mol. The van der Waals surface area contributed by atoms with Gasteiger partial charge in [-0.3, -0.25) is 9.59 Å². The molecule has 0 bridgehead atoms. The summed E-state index contributed by atoms with van der Waals surface area (Å²) >= 11 is 0. The molecule has 0 radical (unpaired) electrons. The van der Waals surface area contributed by atoms with Crippen LogP contribution in [0.3, 0.4) is 0 Å². The zero-order valence-corrected chi connectivity index (χ0v) is 16.1. The molecule has 0 saturated heterocycles. The first-order chi connectivity index (χ1) is 14.1. The number of aromatic nitrogens is 2. The summed E-state index contributed by atoms with van der Waals surface area (Å²) in [6, 6.07) is 19.2. The lowest BCUT2D eigenvalue weighted by atomic mass is 10.1. The van der Waals surface area contributed by atoms with Crippen molar-refractivity contribution in [3.8, 4) is 11.3 Å². The molecule has 29 heavy (non-hydrogen) atoms. The summed E-state index contributed by atoms with van der Waals surface area (Å²) < 4.78 is 5.31. The number of fused-ring (bicyclic) bond motifs is 1. The number of rotatable bonds is 6. The maximum absolute atomic E-state index is 12.3. The minimum absolute atomic E-state index is 0.124. The lowest BCUT2D eigenvalue weighted by Crippen LogP contribution is -2.28. The molecule has 0 saturated carbocycles. The molecule has 0 unspecified atom stereocenters. The van der Waals surface area contributed by atoms with Crippen LogP contribution in [0.25, 0.3) is 22.2 Å². The predicted octanol–water partition coefficient (Wildman–Crippen LogP) is 3.39. The van der Waals surface area contributed by atoms with Crippen LogP contribution in [0, 0.1) is 6.92 Å². The van der Waals surface area contributed by atoms with Gasteiger partial charge in [0.1, 0.15) is 0 Å². The van der Waals surface area contributed by atoms with Gasteiger partial charge in [-0.25, -0.2) is 0 Å². The van der Waals surface area contributed by atoms with Gasteiger partial charge in [-0.1, -0.05) is 47.6 Å². The average Bonchev–Trinajstić information content (AvgIpc) is 3.17. The molecule has 0 aliphatic carbocycles. The average molecular weight is 387 g/mol. The minimum Gasteiger partial charge on any atom is -0.356 e. The standard InChI is InChI=1S/C23H21N3O3/c1-15-7-8-17-12-18(23(28)25-20(17)11-15)9-10-24-22(27)14-19-13-21(29-26-19)16-5-3-2-4-6-16/h2-8,11-13H,9-10,14H2,1H3,(H,24,27)(H,25,28). The molecule has 0 fully saturated rings. The third-order valence-electron chi connectivity index (χ3n) is 4.75. The van der Waals surface area contributed by atoms with Crippen molar-refractivity contribution < 1.29 is 9.32 Å². The number of hydrogen-bond acceptors (Lipinski definition) is 4. The Kier molecular flexibility index (Phi) is 5.24. The molecule has 2 aromatic heterocycles. The highest BCUT2D eigenvalue weighted by molar-refractivity contribution is 5.80. The van der Waals surface area contributed by atoms with E-state index in [0.29, 0.717) is 30.0 Å². The Morgan fingerprint density at radius 3 is 2.76 bits per heavy atom. The van der Waals surface area contributed by atoms with Gasteiger partial charge in [0.05, 0.1) is 12.1 Å². The number of nitrogens with one attached hydrogen (secondary N) is 2. The molecule has 2 aromatic carbocycles. The van der Waals surface area contributed by atoms with Crippen molar-refractivity contribution in [3.63, 3.8) is 0 Å². The summed E-state index contributed by atoms with van der Waals surface area (Å²) in [5.74, 6) is 0.470. The van der Waals surface area contributed by atoms with Crippen LogP contribution in [0.4, 0.5) is 0 Å². The van der Waals surface area contributed by atoms with Crippen LogP contribution >= 0.6 is 0 Å². The van der Waals surface area contributed by atoms with Gasteiger partial charge in [-0.15, -0.1) is 0 Å². The Bertz CT molecular complexity index is 1210. The van der Waals surface area contributed by atoms with Gasteiger partial charge in [0.2, 0.25) is 5.91 Å². The second-order valence-corrected chi connectivity index (χ2v) is 7.04. The summed E-state index contributed by atoms with van der Waals surface area (Å²) in [7, 11) is 0. The van der Waals surface area contributed by atoms with E-state index in [1.54, 1.807) is 6.07 Å². The van der Waals surface area contributed by atoms with Crippen LogP contribution in [-0.2, 0) is 17.6 Å². The molecule has 146 valence electrons. The van der Waals surface area contributed by atoms with E-state index >= 15 is 0 Å². The van der Waals surface area contributed by atoms with Crippen molar-refractivity contribution in [2.45, 2.75) is 19.8 Å². The van der Waals surface area contributed by atoms with E-state index in [9.17, 15) is 9.59 Å². The van der Waals surface area contributed by atoms with Gasteiger partial charge in [-0.05, 0) is 36.4 Å². The molecule has 4 rings (SSSR count). The highest BCUT2D eigenvalue weighted by Gasteiger charge is 2.11. The van der Waals surface area contributed by atoms with Crippen LogP contribution in [0.15, 0.2) is 70.0 Å².